The molecule has 4 rings (SSSR count). The summed E-state index contributed by atoms with van der Waals surface area (Å²) in [5.74, 6) is -0.779. The van der Waals surface area contributed by atoms with E-state index in [0.717, 1.165) is 16.0 Å². The normalized spacial score (nSPS) is 18.1. The first-order valence-electron chi connectivity index (χ1n) is 9.51. The Morgan fingerprint density at radius 1 is 1.07 bits per heavy atom. The number of methoxy groups -OCH3 is 1. The molecule has 1 atom stereocenters. The highest BCUT2D eigenvalue weighted by molar-refractivity contribution is 7.09. The smallest absolute Gasteiger partial charge is 0.295 e. The van der Waals surface area contributed by atoms with E-state index in [-0.39, 0.29) is 11.3 Å². The molecule has 0 spiro atoms. The average molecular weight is 420 g/mol. The monoisotopic (exact) mass is 419 g/mol. The zero-order chi connectivity index (χ0) is 21.3. The summed E-state index contributed by atoms with van der Waals surface area (Å²) < 4.78 is 5.23. The molecule has 0 saturated carbocycles. The molecule has 1 aliphatic heterocycles. The number of ketones is 1. The lowest BCUT2D eigenvalue weighted by atomic mass is 9.95. The number of aliphatic hydroxyl groups excluding tert-OH is 1. The summed E-state index contributed by atoms with van der Waals surface area (Å²) in [4.78, 5) is 28.4. The Kier molecular flexibility index (Phi) is 5.42. The van der Waals surface area contributed by atoms with Gasteiger partial charge in [-0.3, -0.25) is 9.59 Å². The molecule has 1 saturated heterocycles. The van der Waals surface area contributed by atoms with Crippen molar-refractivity contribution in [2.24, 2.45) is 0 Å². The summed E-state index contributed by atoms with van der Waals surface area (Å²) in [6.07, 6.45) is 0. The second kappa shape index (κ2) is 8.16. The van der Waals surface area contributed by atoms with Gasteiger partial charge in [-0.05, 0) is 36.1 Å². The third-order valence-electron chi connectivity index (χ3n) is 5.20. The third kappa shape index (κ3) is 3.62. The second-order valence-electron chi connectivity index (χ2n) is 7.15. The molecule has 5 nitrogen and oxygen atoms in total. The number of carbonyl (C=O) groups excluding carboxylic acids is 2. The number of thiophene rings is 1. The Hall–Kier alpha value is -3.38. The van der Waals surface area contributed by atoms with Crippen LogP contribution in [0, 0.1) is 6.92 Å². The van der Waals surface area contributed by atoms with Crippen LogP contribution in [0.2, 0.25) is 0 Å². The van der Waals surface area contributed by atoms with Crippen LogP contribution in [0.25, 0.3) is 5.76 Å². The Morgan fingerprint density at radius 2 is 1.77 bits per heavy atom. The molecule has 152 valence electrons. The van der Waals surface area contributed by atoms with Crippen LogP contribution in [0.4, 0.5) is 0 Å². The van der Waals surface area contributed by atoms with E-state index in [1.807, 2.05) is 48.7 Å². The van der Waals surface area contributed by atoms with E-state index in [4.69, 9.17) is 4.74 Å². The Balaban J connectivity index is 1.85. The minimum Gasteiger partial charge on any atom is -0.507 e. The van der Waals surface area contributed by atoms with Gasteiger partial charge < -0.3 is 14.7 Å². The van der Waals surface area contributed by atoms with Gasteiger partial charge in [-0.2, -0.15) is 0 Å². The lowest BCUT2D eigenvalue weighted by Crippen LogP contribution is -2.28. The molecule has 0 radical (unpaired) electrons. The number of hydrogen-bond donors (Lipinski definition) is 1. The van der Waals surface area contributed by atoms with E-state index in [1.165, 1.54) is 16.2 Å². The quantitative estimate of drug-likeness (QED) is 0.370. The number of amides is 1. The Labute approximate surface area is 178 Å². The lowest BCUT2D eigenvalue weighted by Gasteiger charge is -2.25. The number of likely N-dealkylation sites (tertiary alicyclic amines) is 1. The number of hydrogen-bond acceptors (Lipinski definition) is 5. The summed E-state index contributed by atoms with van der Waals surface area (Å²) >= 11 is 1.52. The maximum atomic E-state index is 13.0. The van der Waals surface area contributed by atoms with Gasteiger partial charge in [0.05, 0.1) is 25.3 Å². The fraction of sp³-hybridized carbons (Fsp3) is 0.167. The van der Waals surface area contributed by atoms with Gasteiger partial charge in [-0.15, -0.1) is 11.3 Å². The Bertz CT molecular complexity index is 1100. The third-order valence-corrected chi connectivity index (χ3v) is 6.06. The molecule has 1 aliphatic rings. The number of Topliss-reactive ketones (excluding diaryl/α,β-unsaturated/α-hetero) is 1. The fourth-order valence-electron chi connectivity index (χ4n) is 3.61. The van der Waals surface area contributed by atoms with Crippen molar-refractivity contribution in [3.8, 4) is 5.75 Å². The van der Waals surface area contributed by atoms with E-state index in [0.29, 0.717) is 17.9 Å². The molecule has 2 heterocycles. The number of rotatable bonds is 5. The van der Waals surface area contributed by atoms with E-state index >= 15 is 0 Å². The molecular formula is C24H21NO4S. The number of aliphatic hydroxyl groups is 1. The molecule has 2 aromatic carbocycles. The average Bonchev–Trinajstić information content (AvgIpc) is 3.36. The van der Waals surface area contributed by atoms with Gasteiger partial charge in [-0.1, -0.05) is 48.0 Å². The van der Waals surface area contributed by atoms with E-state index < -0.39 is 17.7 Å². The topological polar surface area (TPSA) is 66.8 Å². The zero-order valence-electron chi connectivity index (χ0n) is 16.7. The van der Waals surface area contributed by atoms with Crippen LogP contribution in [0.5, 0.6) is 5.75 Å². The van der Waals surface area contributed by atoms with Gasteiger partial charge in [0.15, 0.2) is 0 Å². The number of ether oxygens (including phenoxy) is 1. The molecule has 30 heavy (non-hydrogen) atoms. The molecule has 0 aliphatic carbocycles. The van der Waals surface area contributed by atoms with Crippen molar-refractivity contribution < 1.29 is 19.4 Å². The highest BCUT2D eigenvalue weighted by Gasteiger charge is 2.46. The molecule has 1 N–H and O–H groups in total. The SMILES string of the molecule is COc1ccc(C2/C(=C(\O)c3ccc(C)cc3)C(=O)C(=O)N2Cc2cccs2)cc1. The van der Waals surface area contributed by atoms with Gasteiger partial charge in [0.25, 0.3) is 11.7 Å². The predicted molar refractivity (Wildman–Crippen MR) is 116 cm³/mol. The number of nitrogens with zero attached hydrogens (tertiary/aromatic N) is 1. The minimum absolute atomic E-state index is 0.102. The van der Waals surface area contributed by atoms with Gasteiger partial charge in [0, 0.05) is 10.4 Å². The zero-order valence-corrected chi connectivity index (χ0v) is 17.5. The van der Waals surface area contributed by atoms with E-state index in [1.54, 1.807) is 31.4 Å². The highest BCUT2D eigenvalue weighted by atomic mass is 32.1. The van der Waals surface area contributed by atoms with Crippen molar-refractivity contribution >= 4 is 28.8 Å². The van der Waals surface area contributed by atoms with Crippen LogP contribution in [0.1, 0.15) is 27.6 Å². The molecular weight excluding hydrogens is 398 g/mol. The van der Waals surface area contributed by atoms with Crippen LogP contribution >= 0.6 is 11.3 Å². The molecule has 1 fully saturated rings. The molecule has 1 aromatic heterocycles. The van der Waals surface area contributed by atoms with Crippen LogP contribution in [0.3, 0.4) is 0 Å². The summed E-state index contributed by atoms with van der Waals surface area (Å²) in [5, 5.41) is 13.0. The maximum Gasteiger partial charge on any atom is 0.295 e. The standard InChI is InChI=1S/C24H21NO4S/c1-15-5-7-17(8-6-15)22(26)20-21(16-9-11-18(29-2)12-10-16)25(24(28)23(20)27)14-19-4-3-13-30-19/h3-13,21,26H,14H2,1-2H3/b22-20+. The first-order chi connectivity index (χ1) is 14.5. The molecule has 0 bridgehead atoms. The lowest BCUT2D eigenvalue weighted by molar-refractivity contribution is -0.140. The number of aryl methyl sites for hydroxylation is 1. The van der Waals surface area contributed by atoms with Crippen molar-refractivity contribution in [2.75, 3.05) is 7.11 Å². The van der Waals surface area contributed by atoms with Crippen molar-refractivity contribution in [1.82, 2.24) is 4.90 Å². The van der Waals surface area contributed by atoms with Gasteiger partial charge in [-0.25, -0.2) is 0 Å². The summed E-state index contributed by atoms with van der Waals surface area (Å²) in [5.41, 5.74) is 2.38. The van der Waals surface area contributed by atoms with Crippen molar-refractivity contribution in [2.45, 2.75) is 19.5 Å². The highest BCUT2D eigenvalue weighted by Crippen LogP contribution is 2.41. The summed E-state index contributed by atoms with van der Waals surface area (Å²) in [6, 6.07) is 17.6. The molecule has 3 aromatic rings. The first kappa shape index (κ1) is 19.9. The van der Waals surface area contributed by atoms with E-state index in [2.05, 4.69) is 0 Å². The van der Waals surface area contributed by atoms with Gasteiger partial charge in [0.1, 0.15) is 11.5 Å². The number of carbonyl (C=O) groups is 2. The molecule has 1 amide bonds. The van der Waals surface area contributed by atoms with Crippen LogP contribution < -0.4 is 4.74 Å². The van der Waals surface area contributed by atoms with Crippen LogP contribution in [-0.4, -0.2) is 28.8 Å². The molecule has 1 unspecified atom stereocenters. The van der Waals surface area contributed by atoms with Crippen molar-refractivity contribution in [3.05, 3.63) is 93.2 Å². The number of benzene rings is 2. The van der Waals surface area contributed by atoms with Crippen molar-refractivity contribution in [3.63, 3.8) is 0 Å². The Morgan fingerprint density at radius 3 is 2.37 bits per heavy atom. The van der Waals surface area contributed by atoms with E-state index in [9.17, 15) is 14.7 Å². The van der Waals surface area contributed by atoms with Crippen LogP contribution in [0.15, 0.2) is 71.6 Å². The summed E-state index contributed by atoms with van der Waals surface area (Å²) in [6.45, 7) is 2.24. The van der Waals surface area contributed by atoms with Crippen molar-refractivity contribution in [1.29, 1.82) is 0 Å². The maximum absolute atomic E-state index is 13.0. The molecule has 6 heteroatoms. The predicted octanol–water partition coefficient (Wildman–Crippen LogP) is 4.69. The van der Waals surface area contributed by atoms with Gasteiger partial charge >= 0.3 is 0 Å². The fourth-order valence-corrected chi connectivity index (χ4v) is 4.32. The van der Waals surface area contributed by atoms with Gasteiger partial charge in [0.2, 0.25) is 0 Å². The minimum atomic E-state index is -0.681. The van der Waals surface area contributed by atoms with Crippen LogP contribution in [-0.2, 0) is 16.1 Å². The first-order valence-corrected chi connectivity index (χ1v) is 10.4. The summed E-state index contributed by atoms with van der Waals surface area (Å²) in [7, 11) is 1.58. The second-order valence-corrected chi connectivity index (χ2v) is 8.18. The largest absolute Gasteiger partial charge is 0.507 e.